The van der Waals surface area contributed by atoms with Crippen LogP contribution in [0.3, 0.4) is 0 Å². The second kappa shape index (κ2) is 7.98. The van der Waals surface area contributed by atoms with Gasteiger partial charge >= 0.3 is 6.09 Å². The van der Waals surface area contributed by atoms with Gasteiger partial charge in [-0.3, -0.25) is 4.79 Å². The fourth-order valence-corrected chi connectivity index (χ4v) is 4.86. The van der Waals surface area contributed by atoms with E-state index in [1.807, 2.05) is 11.8 Å². The van der Waals surface area contributed by atoms with Crippen molar-refractivity contribution in [3.05, 3.63) is 0 Å². The minimum absolute atomic E-state index is 0.134. The van der Waals surface area contributed by atoms with Crippen molar-refractivity contribution in [1.82, 2.24) is 15.1 Å². The zero-order chi connectivity index (χ0) is 19.7. The third-order valence-corrected chi connectivity index (χ3v) is 6.51. The van der Waals surface area contributed by atoms with Gasteiger partial charge in [0.25, 0.3) is 0 Å². The van der Waals surface area contributed by atoms with Gasteiger partial charge in [0.1, 0.15) is 0 Å². The number of likely N-dealkylation sites (tertiary alicyclic amines) is 2. The minimum Gasteiger partial charge on any atom is -0.450 e. The Morgan fingerprint density at radius 1 is 1.15 bits per heavy atom. The Morgan fingerprint density at radius 3 is 2.41 bits per heavy atom. The average Bonchev–Trinajstić information content (AvgIpc) is 3.04. The first-order valence-electron chi connectivity index (χ1n) is 10.6. The molecule has 0 radical (unpaired) electrons. The molecule has 0 aromatic heterocycles. The predicted molar refractivity (Wildman–Crippen MR) is 105 cm³/mol. The number of carbonyl (C=O) groups excluding carboxylic acids is 2. The maximum atomic E-state index is 12.4. The van der Waals surface area contributed by atoms with Gasteiger partial charge in [-0.05, 0) is 62.9 Å². The molecule has 0 unspecified atom stereocenters. The van der Waals surface area contributed by atoms with E-state index in [1.165, 1.54) is 12.8 Å². The largest absolute Gasteiger partial charge is 0.450 e. The van der Waals surface area contributed by atoms with Crippen molar-refractivity contribution in [2.45, 2.75) is 65.8 Å². The second-order valence-corrected chi connectivity index (χ2v) is 10.0. The van der Waals surface area contributed by atoms with Crippen LogP contribution < -0.4 is 5.32 Å². The molecule has 0 atom stereocenters. The first-order valence-corrected chi connectivity index (χ1v) is 10.6. The van der Waals surface area contributed by atoms with E-state index in [-0.39, 0.29) is 23.3 Å². The van der Waals surface area contributed by atoms with Gasteiger partial charge < -0.3 is 19.9 Å². The van der Waals surface area contributed by atoms with E-state index in [2.05, 4.69) is 31.0 Å². The summed E-state index contributed by atoms with van der Waals surface area (Å²) in [7, 11) is 0. The molecule has 154 valence electrons. The fraction of sp³-hybridized carbons (Fsp3) is 0.905. The molecule has 1 saturated carbocycles. The molecule has 0 bridgehead atoms. The fourth-order valence-electron chi connectivity index (χ4n) is 4.86. The number of nitrogens with one attached hydrogen (secondary N) is 1. The van der Waals surface area contributed by atoms with Crippen molar-refractivity contribution in [3.8, 4) is 0 Å². The molecule has 3 rings (SSSR count). The Bertz CT molecular complexity index is 543. The number of hydrogen-bond acceptors (Lipinski definition) is 4. The summed E-state index contributed by atoms with van der Waals surface area (Å²) in [5.74, 6) is 0.402. The number of ether oxygens (including phenoxy) is 1. The summed E-state index contributed by atoms with van der Waals surface area (Å²) < 4.78 is 5.14. The lowest BCUT2D eigenvalue weighted by Gasteiger charge is -2.51. The molecule has 6 nitrogen and oxygen atoms in total. The molecule has 0 aromatic rings. The van der Waals surface area contributed by atoms with E-state index in [9.17, 15) is 9.59 Å². The maximum absolute atomic E-state index is 12.4. The van der Waals surface area contributed by atoms with Gasteiger partial charge in [-0.25, -0.2) is 4.79 Å². The van der Waals surface area contributed by atoms with Crippen molar-refractivity contribution in [1.29, 1.82) is 0 Å². The summed E-state index contributed by atoms with van der Waals surface area (Å²) in [4.78, 5) is 28.8. The number of piperidine rings is 1. The van der Waals surface area contributed by atoms with Crippen LogP contribution in [0.25, 0.3) is 0 Å². The van der Waals surface area contributed by atoms with Crippen LogP contribution in [-0.2, 0) is 9.53 Å². The third kappa shape index (κ3) is 4.95. The van der Waals surface area contributed by atoms with Crippen LogP contribution in [0.15, 0.2) is 0 Å². The van der Waals surface area contributed by atoms with E-state index in [1.54, 1.807) is 0 Å². The van der Waals surface area contributed by atoms with E-state index in [0.29, 0.717) is 18.1 Å². The molecule has 2 aliphatic heterocycles. The zero-order valence-corrected chi connectivity index (χ0v) is 17.6. The molecule has 3 aliphatic rings. The molecule has 2 saturated heterocycles. The molecule has 1 spiro atoms. The zero-order valence-electron chi connectivity index (χ0n) is 17.6. The van der Waals surface area contributed by atoms with Gasteiger partial charge in [0.2, 0.25) is 5.91 Å². The molecular weight excluding hydrogens is 342 g/mol. The van der Waals surface area contributed by atoms with E-state index < -0.39 is 0 Å². The smallest absolute Gasteiger partial charge is 0.409 e. The summed E-state index contributed by atoms with van der Waals surface area (Å²) >= 11 is 0. The minimum atomic E-state index is -0.153. The van der Waals surface area contributed by atoms with Crippen LogP contribution in [0.4, 0.5) is 4.79 Å². The van der Waals surface area contributed by atoms with Gasteiger partial charge in [-0.15, -0.1) is 0 Å². The molecule has 2 amide bonds. The normalized spacial score (nSPS) is 29.6. The number of rotatable bonds is 4. The lowest BCUT2D eigenvalue weighted by molar-refractivity contribution is -0.127. The van der Waals surface area contributed by atoms with Crippen molar-refractivity contribution < 1.29 is 14.3 Å². The molecular formula is C21H37N3O3. The molecule has 0 aromatic carbocycles. The van der Waals surface area contributed by atoms with Gasteiger partial charge in [-0.1, -0.05) is 20.8 Å². The summed E-state index contributed by atoms with van der Waals surface area (Å²) in [6.07, 6.45) is 5.25. The monoisotopic (exact) mass is 379 g/mol. The van der Waals surface area contributed by atoms with Crippen LogP contribution in [0.5, 0.6) is 0 Å². The van der Waals surface area contributed by atoms with Crippen molar-refractivity contribution >= 4 is 12.0 Å². The summed E-state index contributed by atoms with van der Waals surface area (Å²) in [6, 6.07) is 0.630. The molecule has 3 fully saturated rings. The van der Waals surface area contributed by atoms with Crippen LogP contribution in [0.2, 0.25) is 0 Å². The van der Waals surface area contributed by atoms with Gasteiger partial charge in [-0.2, -0.15) is 0 Å². The highest BCUT2D eigenvalue weighted by molar-refractivity contribution is 5.78. The first-order chi connectivity index (χ1) is 12.7. The van der Waals surface area contributed by atoms with Crippen LogP contribution in [0.1, 0.15) is 59.8 Å². The number of carbonyl (C=O) groups is 2. The third-order valence-electron chi connectivity index (χ3n) is 6.51. The lowest BCUT2D eigenvalue weighted by atomic mass is 9.64. The van der Waals surface area contributed by atoms with E-state index >= 15 is 0 Å². The quantitative estimate of drug-likeness (QED) is 0.816. The number of hydrogen-bond donors (Lipinski definition) is 1. The van der Waals surface area contributed by atoms with E-state index in [0.717, 1.165) is 52.0 Å². The van der Waals surface area contributed by atoms with Crippen molar-refractivity contribution in [3.63, 3.8) is 0 Å². The topological polar surface area (TPSA) is 61.9 Å². The SMILES string of the molecule is CCOC(=O)N1CCC2(CC(N3CCC(C(=O)NCC(C)(C)C)CC3)C2)C1. The first kappa shape index (κ1) is 20.4. The van der Waals surface area contributed by atoms with Gasteiger partial charge in [0, 0.05) is 31.6 Å². The van der Waals surface area contributed by atoms with Crippen LogP contribution in [-0.4, -0.2) is 67.2 Å². The highest BCUT2D eigenvalue weighted by Gasteiger charge is 2.51. The van der Waals surface area contributed by atoms with Gasteiger partial charge in [0.05, 0.1) is 6.61 Å². The Kier molecular flexibility index (Phi) is 6.04. The molecule has 2 heterocycles. The predicted octanol–water partition coefficient (Wildman–Crippen LogP) is 2.87. The van der Waals surface area contributed by atoms with Crippen LogP contribution >= 0.6 is 0 Å². The molecule has 1 aliphatic carbocycles. The van der Waals surface area contributed by atoms with Crippen LogP contribution in [0, 0.1) is 16.7 Å². The molecule has 27 heavy (non-hydrogen) atoms. The average molecular weight is 380 g/mol. The molecule has 1 N–H and O–H groups in total. The maximum Gasteiger partial charge on any atom is 0.409 e. The highest BCUT2D eigenvalue weighted by Crippen LogP contribution is 2.50. The number of amides is 2. The van der Waals surface area contributed by atoms with E-state index in [4.69, 9.17) is 4.74 Å². The summed E-state index contributed by atoms with van der Waals surface area (Å²) in [5.41, 5.74) is 0.452. The molecule has 6 heteroatoms. The van der Waals surface area contributed by atoms with Crippen molar-refractivity contribution in [2.75, 3.05) is 39.3 Å². The van der Waals surface area contributed by atoms with Crippen molar-refractivity contribution in [2.24, 2.45) is 16.7 Å². The Balaban J connectivity index is 1.38. The van der Waals surface area contributed by atoms with Gasteiger partial charge in [0.15, 0.2) is 0 Å². The summed E-state index contributed by atoms with van der Waals surface area (Å²) in [6.45, 7) is 13.2. The lowest BCUT2D eigenvalue weighted by Crippen LogP contribution is -2.55. The highest BCUT2D eigenvalue weighted by atomic mass is 16.6. The Labute approximate surface area is 164 Å². The standard InChI is InChI=1S/C21H37N3O3/c1-5-27-19(26)24-11-8-21(15-24)12-17(13-21)23-9-6-16(7-10-23)18(25)22-14-20(2,3)4/h16-17H,5-15H2,1-4H3,(H,22,25). The summed E-state index contributed by atoms with van der Waals surface area (Å²) in [5, 5.41) is 3.12. The Hall–Kier alpha value is -1.30. The number of nitrogens with zero attached hydrogens (tertiary/aromatic N) is 2. The second-order valence-electron chi connectivity index (χ2n) is 10.0. The Morgan fingerprint density at radius 2 is 1.81 bits per heavy atom.